The van der Waals surface area contributed by atoms with Crippen molar-refractivity contribution in [1.82, 2.24) is 49.5 Å². The molecule has 1 atom stereocenters. The molecule has 0 radical (unpaired) electrons. The summed E-state index contributed by atoms with van der Waals surface area (Å²) in [5, 5.41) is 19.3. The van der Waals surface area contributed by atoms with Gasteiger partial charge in [-0.3, -0.25) is 9.67 Å². The van der Waals surface area contributed by atoms with Gasteiger partial charge in [-0.05, 0) is 19.1 Å². The molecule has 6 rings (SSSR count). The quantitative estimate of drug-likeness (QED) is 0.415. The molecule has 33 heavy (non-hydrogen) atoms. The lowest BCUT2D eigenvalue weighted by Gasteiger charge is -2.09. The summed E-state index contributed by atoms with van der Waals surface area (Å²) in [4.78, 5) is 13.0. The minimum atomic E-state index is -0.377. The first-order valence-electron chi connectivity index (χ1n) is 10.2. The Kier molecular flexibility index (Phi) is 4.22. The average Bonchev–Trinajstić information content (AvgIpc) is 3.57. The third kappa shape index (κ3) is 2.97. The molecule has 0 amide bonds. The van der Waals surface area contributed by atoms with Gasteiger partial charge in [0, 0.05) is 30.4 Å². The van der Waals surface area contributed by atoms with E-state index < -0.39 is 0 Å². The van der Waals surface area contributed by atoms with E-state index in [1.807, 2.05) is 14.0 Å². The Hall–Kier alpha value is -4.54. The second-order valence-electron chi connectivity index (χ2n) is 7.66. The van der Waals surface area contributed by atoms with Crippen molar-refractivity contribution >= 4 is 21.9 Å². The summed E-state index contributed by atoms with van der Waals surface area (Å²) >= 11 is 0. The van der Waals surface area contributed by atoms with Gasteiger partial charge in [0.15, 0.2) is 5.65 Å². The molecule has 1 aromatic carbocycles. The predicted molar refractivity (Wildman–Crippen MR) is 118 cm³/mol. The molecule has 0 fully saturated rings. The van der Waals surface area contributed by atoms with E-state index in [1.54, 1.807) is 58.5 Å². The Bertz CT molecular complexity index is 1630. The number of fused-ring (bicyclic) bond motifs is 2. The van der Waals surface area contributed by atoms with Gasteiger partial charge in [-0.15, -0.1) is 5.10 Å². The zero-order valence-corrected chi connectivity index (χ0v) is 17.7. The van der Waals surface area contributed by atoms with Crippen LogP contribution >= 0.6 is 0 Å². The van der Waals surface area contributed by atoms with Crippen LogP contribution < -0.4 is 0 Å². The SMILES string of the molecule is CC(c1cn(-c2ccccc2F)nn1)n1nc(-c2cncc3c2cnn3C)c2cncnc21. The van der Waals surface area contributed by atoms with Gasteiger partial charge < -0.3 is 0 Å². The van der Waals surface area contributed by atoms with Crippen molar-refractivity contribution in [3.05, 3.63) is 73.1 Å². The van der Waals surface area contributed by atoms with E-state index in [0.29, 0.717) is 22.7 Å². The van der Waals surface area contributed by atoms with Crippen molar-refractivity contribution in [3.8, 4) is 16.9 Å². The molecule has 0 aliphatic rings. The molecule has 0 N–H and O–H groups in total. The van der Waals surface area contributed by atoms with Crippen molar-refractivity contribution < 1.29 is 4.39 Å². The average molecular weight is 440 g/mol. The first kappa shape index (κ1) is 19.2. The van der Waals surface area contributed by atoms with E-state index in [2.05, 4.69) is 30.4 Å². The molecule has 5 aromatic heterocycles. The Morgan fingerprint density at radius 3 is 2.76 bits per heavy atom. The van der Waals surface area contributed by atoms with Crippen LogP contribution in [0.2, 0.25) is 0 Å². The molecule has 5 heterocycles. The number of aromatic nitrogens is 10. The number of para-hydroxylation sites is 1. The molecule has 0 saturated carbocycles. The molecule has 0 aliphatic carbocycles. The van der Waals surface area contributed by atoms with Gasteiger partial charge >= 0.3 is 0 Å². The largest absolute Gasteiger partial charge is 0.266 e. The zero-order valence-electron chi connectivity index (χ0n) is 17.7. The predicted octanol–water partition coefficient (Wildman–Crippen LogP) is 3.10. The summed E-state index contributed by atoms with van der Waals surface area (Å²) in [6, 6.07) is 6.10. The highest BCUT2D eigenvalue weighted by Gasteiger charge is 2.22. The number of aryl methyl sites for hydroxylation is 1. The van der Waals surface area contributed by atoms with Gasteiger partial charge in [-0.25, -0.2) is 23.7 Å². The smallest absolute Gasteiger partial charge is 0.162 e. The van der Waals surface area contributed by atoms with Crippen LogP contribution in [0.25, 0.3) is 38.9 Å². The maximum Gasteiger partial charge on any atom is 0.162 e. The van der Waals surface area contributed by atoms with Crippen LogP contribution in [0.1, 0.15) is 18.7 Å². The number of pyridine rings is 1. The molecular weight excluding hydrogens is 423 g/mol. The lowest BCUT2D eigenvalue weighted by atomic mass is 10.1. The van der Waals surface area contributed by atoms with E-state index in [9.17, 15) is 4.39 Å². The Balaban J connectivity index is 1.49. The van der Waals surface area contributed by atoms with Crippen LogP contribution in [0.3, 0.4) is 0 Å². The molecule has 10 nitrogen and oxygen atoms in total. The standard InChI is InChI=1S/C22H17FN10/c1-13(18-11-32(30-28-18)19-6-4-3-5-17(19)23)33-22-16(8-25-12-26-22)21(29-33)15-7-24-10-20-14(15)9-27-31(20)2/h3-13H,1-2H3. The molecular formula is C22H17FN10. The fourth-order valence-electron chi connectivity index (χ4n) is 3.95. The van der Waals surface area contributed by atoms with Crippen LogP contribution in [0.5, 0.6) is 0 Å². The van der Waals surface area contributed by atoms with Crippen molar-refractivity contribution in [2.75, 3.05) is 0 Å². The van der Waals surface area contributed by atoms with Crippen molar-refractivity contribution in [1.29, 1.82) is 0 Å². The Morgan fingerprint density at radius 1 is 1.00 bits per heavy atom. The monoisotopic (exact) mass is 440 g/mol. The normalized spacial score (nSPS) is 12.6. The molecule has 162 valence electrons. The van der Waals surface area contributed by atoms with E-state index in [1.165, 1.54) is 17.1 Å². The fraction of sp³-hybridized carbons (Fsp3) is 0.136. The van der Waals surface area contributed by atoms with Gasteiger partial charge in [0.25, 0.3) is 0 Å². The maximum absolute atomic E-state index is 14.2. The number of hydrogen-bond acceptors (Lipinski definition) is 7. The summed E-state index contributed by atoms with van der Waals surface area (Å²) in [6.07, 6.45) is 10.2. The maximum atomic E-state index is 14.2. The number of nitrogens with zero attached hydrogens (tertiary/aromatic N) is 10. The minimum Gasteiger partial charge on any atom is -0.266 e. The second kappa shape index (κ2) is 7.26. The third-order valence-electron chi connectivity index (χ3n) is 5.71. The van der Waals surface area contributed by atoms with Crippen molar-refractivity contribution in [2.24, 2.45) is 7.05 Å². The third-order valence-corrected chi connectivity index (χ3v) is 5.71. The van der Waals surface area contributed by atoms with E-state index in [-0.39, 0.29) is 11.9 Å². The summed E-state index contributed by atoms with van der Waals surface area (Å²) in [5.41, 5.74) is 4.02. The second-order valence-corrected chi connectivity index (χ2v) is 7.66. The highest BCUT2D eigenvalue weighted by Crippen LogP contribution is 2.33. The van der Waals surface area contributed by atoms with Crippen LogP contribution in [0, 0.1) is 5.82 Å². The van der Waals surface area contributed by atoms with Gasteiger partial charge in [0.1, 0.15) is 29.2 Å². The van der Waals surface area contributed by atoms with Crippen LogP contribution in [-0.2, 0) is 7.05 Å². The number of rotatable bonds is 4. The molecule has 1 unspecified atom stereocenters. The first-order chi connectivity index (χ1) is 16.1. The lowest BCUT2D eigenvalue weighted by molar-refractivity contribution is 0.565. The molecule has 0 saturated heterocycles. The number of benzene rings is 1. The summed E-state index contributed by atoms with van der Waals surface area (Å²) in [7, 11) is 1.87. The molecule has 0 spiro atoms. The van der Waals surface area contributed by atoms with E-state index in [0.717, 1.165) is 21.9 Å². The van der Waals surface area contributed by atoms with Crippen molar-refractivity contribution in [2.45, 2.75) is 13.0 Å². The zero-order chi connectivity index (χ0) is 22.5. The summed E-state index contributed by atoms with van der Waals surface area (Å²) in [5.74, 6) is -0.377. The Labute approximate surface area is 186 Å². The molecule has 0 bridgehead atoms. The van der Waals surface area contributed by atoms with Crippen LogP contribution in [-0.4, -0.2) is 49.5 Å². The van der Waals surface area contributed by atoms with Crippen LogP contribution in [0.4, 0.5) is 4.39 Å². The van der Waals surface area contributed by atoms with Gasteiger partial charge in [0.05, 0.1) is 35.5 Å². The minimum absolute atomic E-state index is 0.322. The van der Waals surface area contributed by atoms with E-state index >= 15 is 0 Å². The fourth-order valence-corrected chi connectivity index (χ4v) is 3.95. The van der Waals surface area contributed by atoms with Crippen molar-refractivity contribution in [3.63, 3.8) is 0 Å². The molecule has 11 heteroatoms. The Morgan fingerprint density at radius 2 is 1.88 bits per heavy atom. The summed E-state index contributed by atoms with van der Waals surface area (Å²) in [6.45, 7) is 1.94. The van der Waals surface area contributed by atoms with Gasteiger partial charge in [-0.2, -0.15) is 10.2 Å². The molecule has 0 aliphatic heterocycles. The molecule has 6 aromatic rings. The number of hydrogen-bond donors (Lipinski definition) is 0. The van der Waals surface area contributed by atoms with Gasteiger partial charge in [-0.1, -0.05) is 17.3 Å². The highest BCUT2D eigenvalue weighted by molar-refractivity contribution is 6.00. The first-order valence-corrected chi connectivity index (χ1v) is 10.2. The summed E-state index contributed by atoms with van der Waals surface area (Å²) < 4.78 is 19.2. The topological polar surface area (TPSA) is 105 Å². The lowest BCUT2D eigenvalue weighted by Crippen LogP contribution is -2.10. The highest BCUT2D eigenvalue weighted by atomic mass is 19.1. The van der Waals surface area contributed by atoms with Crippen LogP contribution in [0.15, 0.2) is 61.6 Å². The van der Waals surface area contributed by atoms with E-state index in [4.69, 9.17) is 5.10 Å². The van der Waals surface area contributed by atoms with Gasteiger partial charge in [0.2, 0.25) is 0 Å². The number of halogens is 1.